The predicted molar refractivity (Wildman–Crippen MR) is 152 cm³/mol. The maximum Gasteiger partial charge on any atom is 0.255 e. The van der Waals surface area contributed by atoms with Crippen molar-refractivity contribution in [2.45, 2.75) is 18.9 Å². The van der Waals surface area contributed by atoms with Gasteiger partial charge in [0.05, 0.1) is 0 Å². The van der Waals surface area contributed by atoms with Gasteiger partial charge < -0.3 is 5.32 Å². The summed E-state index contributed by atoms with van der Waals surface area (Å²) in [6.07, 6.45) is 0. The van der Waals surface area contributed by atoms with E-state index in [1.165, 1.54) is 11.3 Å². The minimum Gasteiger partial charge on any atom is -0.339 e. The topological polar surface area (TPSA) is 66.5 Å². The molecule has 1 N–H and O–H groups in total. The highest BCUT2D eigenvalue weighted by molar-refractivity contribution is 7.22. The number of anilines is 2. The second-order valence-corrected chi connectivity index (χ2v) is 10.4. The van der Waals surface area contributed by atoms with Crippen LogP contribution in [0.1, 0.15) is 33.0 Å². The second-order valence-electron chi connectivity index (χ2n) is 9.36. The molecule has 0 aliphatic carbocycles. The third kappa shape index (κ3) is 4.09. The maximum atomic E-state index is 14.4. The number of para-hydroxylation sites is 1. The van der Waals surface area contributed by atoms with Gasteiger partial charge >= 0.3 is 0 Å². The van der Waals surface area contributed by atoms with Crippen LogP contribution in [0.15, 0.2) is 114 Å². The van der Waals surface area contributed by atoms with Gasteiger partial charge in [-0.1, -0.05) is 78.4 Å². The molecule has 6 heteroatoms. The fourth-order valence-electron chi connectivity index (χ4n) is 5.05. The highest BCUT2D eigenvalue weighted by atomic mass is 32.1. The monoisotopic (exact) mass is 516 g/mol. The molecule has 5 nitrogen and oxygen atoms in total. The molecule has 0 spiro atoms. The number of carbonyl (C=O) groups is 2. The van der Waals surface area contributed by atoms with Crippen molar-refractivity contribution in [2.24, 2.45) is 0 Å². The zero-order valence-electron chi connectivity index (χ0n) is 20.6. The van der Waals surface area contributed by atoms with E-state index in [9.17, 15) is 14.4 Å². The third-order valence-corrected chi connectivity index (χ3v) is 8.09. The van der Waals surface area contributed by atoms with E-state index in [4.69, 9.17) is 0 Å². The number of hydrogen-bond acceptors (Lipinski definition) is 4. The Labute approximate surface area is 224 Å². The summed E-state index contributed by atoms with van der Waals surface area (Å²) in [7, 11) is 0. The Morgan fingerprint density at radius 3 is 2.13 bits per heavy atom. The molecule has 1 aliphatic rings. The summed E-state index contributed by atoms with van der Waals surface area (Å²) < 4.78 is 0.805. The van der Waals surface area contributed by atoms with Crippen molar-refractivity contribution in [2.75, 3.05) is 4.90 Å². The summed E-state index contributed by atoms with van der Waals surface area (Å²) in [4.78, 5) is 43.5. The van der Waals surface area contributed by atoms with Crippen molar-refractivity contribution < 1.29 is 9.59 Å². The lowest BCUT2D eigenvalue weighted by atomic mass is 9.81. The first-order valence-corrected chi connectivity index (χ1v) is 13.2. The minimum atomic E-state index is -0.987. The predicted octanol–water partition coefficient (Wildman–Crippen LogP) is 6.18. The Morgan fingerprint density at radius 1 is 0.789 bits per heavy atom. The summed E-state index contributed by atoms with van der Waals surface area (Å²) in [6, 6.07) is 32.4. The molecule has 38 heavy (non-hydrogen) atoms. The van der Waals surface area contributed by atoms with Gasteiger partial charge in [0.25, 0.3) is 11.8 Å². The van der Waals surface area contributed by atoms with Crippen LogP contribution in [0.4, 0.5) is 10.7 Å². The van der Waals surface area contributed by atoms with Gasteiger partial charge in [0.15, 0.2) is 5.43 Å². The van der Waals surface area contributed by atoms with Gasteiger partial charge in [0.1, 0.15) is 11.0 Å². The zero-order valence-corrected chi connectivity index (χ0v) is 21.4. The van der Waals surface area contributed by atoms with E-state index in [0.717, 1.165) is 15.8 Å². The van der Waals surface area contributed by atoms with Crippen LogP contribution in [-0.4, -0.2) is 17.9 Å². The molecule has 0 fully saturated rings. The van der Waals surface area contributed by atoms with Crippen molar-refractivity contribution in [3.63, 3.8) is 0 Å². The number of nitrogens with one attached hydrogen (secondary N) is 1. The van der Waals surface area contributed by atoms with E-state index in [0.29, 0.717) is 27.2 Å². The Hall–Kier alpha value is -4.55. The fourth-order valence-corrected chi connectivity index (χ4v) is 6.29. The molecular formula is C32H24N2O3S. The number of fused-ring (bicyclic) bond motifs is 2. The molecule has 5 aromatic rings. The molecule has 2 amide bonds. The normalized spacial score (nSPS) is 16.8. The Bertz CT molecular complexity index is 1710. The molecule has 186 valence electrons. The quantitative estimate of drug-likeness (QED) is 0.310. The molecule has 0 unspecified atom stereocenters. The van der Waals surface area contributed by atoms with E-state index in [1.54, 1.807) is 29.2 Å². The van der Waals surface area contributed by atoms with Crippen LogP contribution < -0.4 is 15.6 Å². The van der Waals surface area contributed by atoms with Crippen molar-refractivity contribution in [3.05, 3.63) is 142 Å². The molecule has 1 aromatic heterocycles. The Balaban J connectivity index is 1.62. The average molecular weight is 517 g/mol. The number of aryl methyl sites for hydroxylation is 1. The molecule has 4 aromatic carbocycles. The standard InChI is InChI=1S/C32H24N2O3S/c1-20-16-18-21(19-17-20)26-27-29(35)24-14-8-9-15-25(24)38-32(27)34(23-12-6-3-7-13-23)31(37)28(26)33-30(36)22-10-4-2-5-11-22/h2-19,26,28H,1H3,(H,33,36)/t26-,28-/m1/s1. The van der Waals surface area contributed by atoms with E-state index < -0.39 is 12.0 Å². The first-order chi connectivity index (χ1) is 18.5. The van der Waals surface area contributed by atoms with Gasteiger partial charge in [0.2, 0.25) is 0 Å². The summed E-state index contributed by atoms with van der Waals surface area (Å²) in [5.41, 5.74) is 3.34. The van der Waals surface area contributed by atoms with E-state index in [-0.39, 0.29) is 17.2 Å². The largest absolute Gasteiger partial charge is 0.339 e. The molecular weight excluding hydrogens is 492 g/mol. The number of nitrogens with zero attached hydrogens (tertiary/aromatic N) is 1. The first-order valence-electron chi connectivity index (χ1n) is 12.4. The molecule has 0 saturated heterocycles. The summed E-state index contributed by atoms with van der Waals surface area (Å²) >= 11 is 1.42. The number of rotatable bonds is 4. The van der Waals surface area contributed by atoms with E-state index in [1.807, 2.05) is 91.9 Å². The Morgan fingerprint density at radius 2 is 1.42 bits per heavy atom. The lowest BCUT2D eigenvalue weighted by Gasteiger charge is -2.39. The van der Waals surface area contributed by atoms with Crippen LogP contribution in [0, 0.1) is 6.92 Å². The minimum absolute atomic E-state index is 0.132. The molecule has 1 aliphatic heterocycles. The smallest absolute Gasteiger partial charge is 0.255 e. The molecule has 2 heterocycles. The number of hydrogen-bond donors (Lipinski definition) is 1. The molecule has 6 rings (SSSR count). The van der Waals surface area contributed by atoms with Crippen LogP contribution in [-0.2, 0) is 4.79 Å². The van der Waals surface area contributed by atoms with Crippen LogP contribution in [0.2, 0.25) is 0 Å². The summed E-state index contributed by atoms with van der Waals surface area (Å²) in [6.45, 7) is 1.99. The first kappa shape index (κ1) is 23.8. The molecule has 0 bridgehead atoms. The van der Waals surface area contributed by atoms with Crippen LogP contribution in [0.3, 0.4) is 0 Å². The molecule has 2 atom stereocenters. The van der Waals surface area contributed by atoms with Gasteiger partial charge in [-0.25, -0.2) is 0 Å². The van der Waals surface area contributed by atoms with Gasteiger partial charge in [0, 0.05) is 32.8 Å². The van der Waals surface area contributed by atoms with E-state index in [2.05, 4.69) is 5.32 Å². The fraction of sp³-hybridized carbons (Fsp3) is 0.0938. The lowest BCUT2D eigenvalue weighted by molar-refractivity contribution is -0.120. The summed E-state index contributed by atoms with van der Waals surface area (Å²) in [5.74, 6) is -1.31. The third-order valence-electron chi connectivity index (χ3n) is 6.92. The van der Waals surface area contributed by atoms with Gasteiger partial charge in [-0.2, -0.15) is 0 Å². The molecule has 0 radical (unpaired) electrons. The van der Waals surface area contributed by atoms with Crippen molar-refractivity contribution >= 4 is 43.9 Å². The van der Waals surface area contributed by atoms with Crippen molar-refractivity contribution in [3.8, 4) is 0 Å². The lowest BCUT2D eigenvalue weighted by Crippen LogP contribution is -2.54. The maximum absolute atomic E-state index is 14.4. The van der Waals surface area contributed by atoms with Crippen molar-refractivity contribution in [1.29, 1.82) is 0 Å². The van der Waals surface area contributed by atoms with Crippen molar-refractivity contribution in [1.82, 2.24) is 5.32 Å². The van der Waals surface area contributed by atoms with Crippen LogP contribution in [0.5, 0.6) is 0 Å². The number of amides is 2. The highest BCUT2D eigenvalue weighted by Crippen LogP contribution is 2.45. The van der Waals surface area contributed by atoms with Crippen LogP contribution in [0.25, 0.3) is 10.1 Å². The summed E-state index contributed by atoms with van der Waals surface area (Å²) in [5, 5.41) is 4.18. The van der Waals surface area contributed by atoms with Gasteiger partial charge in [-0.3, -0.25) is 19.3 Å². The van der Waals surface area contributed by atoms with Gasteiger partial charge in [-0.15, -0.1) is 11.3 Å². The zero-order chi connectivity index (χ0) is 26.2. The van der Waals surface area contributed by atoms with Crippen LogP contribution >= 0.6 is 11.3 Å². The SMILES string of the molecule is Cc1ccc([C@@H]2c3c(sc4ccccc4c3=O)N(c3ccccc3)C(=O)[C@@H]2NC(=O)c2ccccc2)cc1. The highest BCUT2D eigenvalue weighted by Gasteiger charge is 2.45. The average Bonchev–Trinajstić information content (AvgIpc) is 2.95. The number of carbonyl (C=O) groups excluding carboxylic acids is 2. The van der Waals surface area contributed by atoms with E-state index >= 15 is 0 Å². The molecule has 0 saturated carbocycles. The van der Waals surface area contributed by atoms with Gasteiger partial charge in [-0.05, 0) is 48.9 Å². The Kier molecular flexibility index (Phi) is 6.10. The second kappa shape index (κ2) is 9.72. The number of benzene rings is 4.